The Morgan fingerprint density at radius 2 is 1.68 bits per heavy atom. The maximum Gasteiger partial charge on any atom is 0.209 e. The van der Waals surface area contributed by atoms with E-state index in [0.29, 0.717) is 13.2 Å². The van der Waals surface area contributed by atoms with Crippen LogP contribution in [0.25, 0.3) is 0 Å². The van der Waals surface area contributed by atoms with E-state index in [1.165, 1.54) is 0 Å². The number of hydrogen-bond donors (Lipinski definition) is 0. The molecule has 0 N–H and O–H groups in total. The van der Waals surface area contributed by atoms with Crippen LogP contribution in [0.2, 0.25) is 0 Å². The van der Waals surface area contributed by atoms with Gasteiger partial charge in [0.15, 0.2) is 0 Å². The number of carbonyl (C=O) groups excluding carboxylic acids is 1. The molecular weight excluding hydrogens is 316 g/mol. The molecule has 1 saturated heterocycles. The summed E-state index contributed by atoms with van der Waals surface area (Å²) >= 11 is 0. The molecule has 2 aromatic carbocycles. The third kappa shape index (κ3) is 5.59. The van der Waals surface area contributed by atoms with E-state index in [2.05, 4.69) is 4.90 Å². The second-order valence-corrected chi connectivity index (χ2v) is 6.10. The van der Waals surface area contributed by atoms with Gasteiger partial charge in [-0.15, -0.1) is 0 Å². The lowest BCUT2D eigenvalue weighted by Crippen LogP contribution is -2.46. The number of nitrogens with zero attached hydrogens (tertiary/aromatic N) is 2. The lowest BCUT2D eigenvalue weighted by molar-refractivity contribution is -0.119. The van der Waals surface area contributed by atoms with Crippen molar-refractivity contribution < 1.29 is 14.3 Å². The molecule has 0 aromatic heterocycles. The molecule has 132 valence electrons. The molecule has 0 spiro atoms. The molecule has 5 nitrogen and oxygen atoms in total. The molecule has 3 rings (SSSR count). The van der Waals surface area contributed by atoms with Gasteiger partial charge in [0.1, 0.15) is 11.5 Å². The first-order valence-corrected chi connectivity index (χ1v) is 8.65. The molecular formula is C20H24N2O3. The van der Waals surface area contributed by atoms with Crippen molar-refractivity contribution in [2.75, 3.05) is 39.3 Å². The van der Waals surface area contributed by atoms with Crippen LogP contribution in [0.3, 0.4) is 0 Å². The quantitative estimate of drug-likeness (QED) is 0.547. The topological polar surface area (TPSA) is 42.0 Å². The van der Waals surface area contributed by atoms with Gasteiger partial charge in [0.05, 0.1) is 13.2 Å². The molecule has 0 unspecified atom stereocenters. The number of rotatable bonds is 8. The van der Waals surface area contributed by atoms with Crippen molar-refractivity contribution in [3.63, 3.8) is 0 Å². The highest BCUT2D eigenvalue weighted by Crippen LogP contribution is 2.22. The molecule has 1 aliphatic heterocycles. The van der Waals surface area contributed by atoms with E-state index >= 15 is 0 Å². The maximum absolute atomic E-state index is 10.7. The van der Waals surface area contributed by atoms with E-state index in [1.807, 2.05) is 59.5 Å². The normalized spacial score (nSPS) is 15.1. The van der Waals surface area contributed by atoms with Crippen molar-refractivity contribution in [2.24, 2.45) is 0 Å². The van der Waals surface area contributed by atoms with Gasteiger partial charge in [0.2, 0.25) is 6.41 Å². The smallest absolute Gasteiger partial charge is 0.209 e. The molecule has 0 radical (unpaired) electrons. The largest absolute Gasteiger partial charge is 0.457 e. The number of amides is 1. The van der Waals surface area contributed by atoms with Crippen molar-refractivity contribution in [3.05, 3.63) is 60.2 Å². The Labute approximate surface area is 148 Å². The van der Waals surface area contributed by atoms with Crippen molar-refractivity contribution in [1.82, 2.24) is 9.80 Å². The van der Waals surface area contributed by atoms with Crippen LogP contribution in [-0.2, 0) is 16.1 Å². The van der Waals surface area contributed by atoms with Gasteiger partial charge in [-0.1, -0.05) is 30.3 Å². The summed E-state index contributed by atoms with van der Waals surface area (Å²) < 4.78 is 11.6. The highest BCUT2D eigenvalue weighted by molar-refractivity contribution is 5.47. The van der Waals surface area contributed by atoms with Gasteiger partial charge in [0.25, 0.3) is 0 Å². The zero-order chi connectivity index (χ0) is 17.3. The molecule has 1 aliphatic rings. The van der Waals surface area contributed by atoms with E-state index in [9.17, 15) is 4.79 Å². The first-order valence-electron chi connectivity index (χ1n) is 8.65. The minimum Gasteiger partial charge on any atom is -0.457 e. The zero-order valence-corrected chi connectivity index (χ0v) is 14.3. The van der Waals surface area contributed by atoms with Crippen LogP contribution in [0.15, 0.2) is 54.6 Å². The van der Waals surface area contributed by atoms with Crippen LogP contribution >= 0.6 is 0 Å². The predicted octanol–water partition coefficient (Wildman–Crippen LogP) is 2.77. The first-order chi connectivity index (χ1) is 12.3. The Hall–Kier alpha value is -2.37. The summed E-state index contributed by atoms with van der Waals surface area (Å²) in [7, 11) is 0. The predicted molar refractivity (Wildman–Crippen MR) is 96.7 cm³/mol. The van der Waals surface area contributed by atoms with Gasteiger partial charge in [-0.05, 0) is 29.8 Å². The summed E-state index contributed by atoms with van der Waals surface area (Å²) in [6.07, 6.45) is 0.929. The van der Waals surface area contributed by atoms with E-state index < -0.39 is 0 Å². The van der Waals surface area contributed by atoms with Crippen LogP contribution in [0.1, 0.15) is 5.56 Å². The second kappa shape index (κ2) is 9.20. The maximum atomic E-state index is 10.7. The highest BCUT2D eigenvalue weighted by atomic mass is 16.5. The fourth-order valence-corrected chi connectivity index (χ4v) is 2.80. The molecule has 25 heavy (non-hydrogen) atoms. The highest BCUT2D eigenvalue weighted by Gasteiger charge is 2.14. The minimum atomic E-state index is 0.570. The number of para-hydroxylation sites is 1. The van der Waals surface area contributed by atoms with Crippen LogP contribution in [-0.4, -0.2) is 55.5 Å². The lowest BCUT2D eigenvalue weighted by Gasteiger charge is -2.32. The van der Waals surface area contributed by atoms with E-state index in [4.69, 9.17) is 9.47 Å². The van der Waals surface area contributed by atoms with Gasteiger partial charge >= 0.3 is 0 Å². The Kier molecular flexibility index (Phi) is 6.42. The van der Waals surface area contributed by atoms with Gasteiger partial charge in [-0.2, -0.15) is 0 Å². The van der Waals surface area contributed by atoms with E-state index in [0.717, 1.165) is 56.2 Å². The Morgan fingerprint density at radius 1 is 0.920 bits per heavy atom. The number of benzene rings is 2. The molecule has 2 aromatic rings. The van der Waals surface area contributed by atoms with Crippen molar-refractivity contribution in [3.8, 4) is 11.5 Å². The fourth-order valence-electron chi connectivity index (χ4n) is 2.80. The van der Waals surface area contributed by atoms with Gasteiger partial charge in [-0.3, -0.25) is 9.69 Å². The molecule has 1 heterocycles. The number of ether oxygens (including phenoxy) is 2. The van der Waals surface area contributed by atoms with Gasteiger partial charge in [0, 0.05) is 32.7 Å². The van der Waals surface area contributed by atoms with Crippen LogP contribution in [0.4, 0.5) is 0 Å². The van der Waals surface area contributed by atoms with E-state index in [-0.39, 0.29) is 0 Å². The Balaban J connectivity index is 1.40. The molecule has 1 amide bonds. The van der Waals surface area contributed by atoms with Crippen molar-refractivity contribution >= 4 is 6.41 Å². The fraction of sp³-hybridized carbons (Fsp3) is 0.350. The summed E-state index contributed by atoms with van der Waals surface area (Å²) in [5.41, 5.74) is 1.10. The minimum absolute atomic E-state index is 0.570. The summed E-state index contributed by atoms with van der Waals surface area (Å²) in [4.78, 5) is 14.8. The van der Waals surface area contributed by atoms with Crippen LogP contribution < -0.4 is 4.74 Å². The molecule has 0 aliphatic carbocycles. The molecule has 0 bridgehead atoms. The second-order valence-electron chi connectivity index (χ2n) is 6.10. The third-order valence-corrected chi connectivity index (χ3v) is 4.25. The summed E-state index contributed by atoms with van der Waals surface area (Å²) in [5, 5.41) is 0. The lowest BCUT2D eigenvalue weighted by atomic mass is 10.2. The number of hydrogen-bond acceptors (Lipinski definition) is 4. The number of piperazine rings is 1. The van der Waals surface area contributed by atoms with E-state index in [1.54, 1.807) is 0 Å². The first kappa shape index (κ1) is 17.5. The average molecular weight is 340 g/mol. The van der Waals surface area contributed by atoms with Crippen molar-refractivity contribution in [2.45, 2.75) is 6.61 Å². The summed E-state index contributed by atoms with van der Waals surface area (Å²) in [6.45, 7) is 5.60. The third-order valence-electron chi connectivity index (χ3n) is 4.25. The Bertz CT molecular complexity index is 655. The summed E-state index contributed by atoms with van der Waals surface area (Å²) in [5.74, 6) is 1.65. The van der Waals surface area contributed by atoms with Crippen LogP contribution in [0, 0.1) is 0 Å². The van der Waals surface area contributed by atoms with Crippen molar-refractivity contribution in [1.29, 1.82) is 0 Å². The monoisotopic (exact) mass is 340 g/mol. The molecule has 5 heteroatoms. The van der Waals surface area contributed by atoms with Gasteiger partial charge < -0.3 is 14.4 Å². The molecule has 0 atom stereocenters. The standard InChI is InChI=1S/C20H24N2O3/c23-17-22-11-9-21(10-12-22)13-14-24-16-18-5-4-8-20(15-18)25-19-6-2-1-3-7-19/h1-8,15,17H,9-14,16H2. The average Bonchev–Trinajstić information content (AvgIpc) is 2.67. The molecule has 0 saturated carbocycles. The SMILES string of the molecule is O=CN1CCN(CCOCc2cccc(Oc3ccccc3)c2)CC1. The summed E-state index contributed by atoms with van der Waals surface area (Å²) in [6, 6.07) is 17.7. The van der Waals surface area contributed by atoms with Gasteiger partial charge in [-0.25, -0.2) is 0 Å². The zero-order valence-electron chi connectivity index (χ0n) is 14.3. The molecule has 1 fully saturated rings. The number of carbonyl (C=O) groups is 1. The van der Waals surface area contributed by atoms with Crippen LogP contribution in [0.5, 0.6) is 11.5 Å². The Morgan fingerprint density at radius 3 is 2.44 bits per heavy atom.